The lowest BCUT2D eigenvalue weighted by Gasteiger charge is -2.36. The summed E-state index contributed by atoms with van der Waals surface area (Å²) in [5, 5.41) is -3.15. The third-order valence-electron chi connectivity index (χ3n) is 7.20. The van der Waals surface area contributed by atoms with Crippen molar-refractivity contribution in [3.05, 3.63) is 107 Å². The van der Waals surface area contributed by atoms with Crippen LogP contribution < -0.4 is 21.3 Å². The molecule has 2 aliphatic rings. The monoisotopic (exact) mass is 505 g/mol. The van der Waals surface area contributed by atoms with Gasteiger partial charge in [0.05, 0.1) is 10.8 Å². The van der Waals surface area contributed by atoms with Gasteiger partial charge in [-0.15, -0.1) is 0 Å². The molecule has 37 heavy (non-hydrogen) atoms. The molecule has 0 radical (unpaired) electrons. The summed E-state index contributed by atoms with van der Waals surface area (Å²) in [6.45, 7) is -0.299. The molecule has 7 rings (SSSR count). The molecule has 0 saturated heterocycles. The van der Waals surface area contributed by atoms with Crippen LogP contribution in [-0.2, 0) is 0 Å². The highest BCUT2D eigenvalue weighted by molar-refractivity contribution is 7.01. The Hall–Kier alpha value is -4.27. The molecule has 0 spiro atoms. The van der Waals surface area contributed by atoms with Crippen LogP contribution in [0.4, 0.5) is 47.8 Å². The van der Waals surface area contributed by atoms with Crippen LogP contribution >= 0.6 is 0 Å². The Kier molecular flexibility index (Phi) is 4.38. The van der Waals surface area contributed by atoms with Crippen molar-refractivity contribution >= 4 is 50.9 Å². The summed E-state index contributed by atoms with van der Waals surface area (Å²) in [7, 11) is 0. The van der Waals surface area contributed by atoms with Gasteiger partial charge in [0.15, 0.2) is 40.7 Å². The average molecular weight is 505 g/mol. The molecule has 0 fully saturated rings. The minimum atomic E-state index is -2.36. The molecule has 2 heterocycles. The summed E-state index contributed by atoms with van der Waals surface area (Å²) >= 11 is 0. The van der Waals surface area contributed by atoms with E-state index >= 15 is 13.2 Å². The van der Waals surface area contributed by atoms with Gasteiger partial charge in [0, 0.05) is 11.4 Å². The smallest absolute Gasteiger partial charge is 0.248 e. The number of benzene rings is 5. The van der Waals surface area contributed by atoms with Crippen molar-refractivity contribution in [1.29, 1.82) is 0 Å². The molecule has 0 amide bonds. The predicted octanol–water partition coefficient (Wildman–Crippen LogP) is 6.09. The van der Waals surface area contributed by atoms with Crippen LogP contribution in [0.25, 0.3) is 21.9 Å². The summed E-state index contributed by atoms with van der Waals surface area (Å²) in [6.07, 6.45) is 0. The van der Waals surface area contributed by atoms with E-state index in [2.05, 4.69) is 0 Å². The molecule has 2 aliphatic heterocycles. The predicted molar refractivity (Wildman–Crippen MR) is 128 cm³/mol. The highest BCUT2D eigenvalue weighted by Crippen LogP contribution is 2.45. The Morgan fingerprint density at radius 2 is 1.00 bits per heavy atom. The quantitative estimate of drug-likeness (QED) is 0.113. The number of rotatable bonds is 1. The number of halogens is 7. The lowest BCUT2D eigenvalue weighted by atomic mass is 9.37. The van der Waals surface area contributed by atoms with Crippen molar-refractivity contribution in [2.45, 2.75) is 0 Å². The van der Waals surface area contributed by atoms with Gasteiger partial charge < -0.3 is 4.90 Å². The van der Waals surface area contributed by atoms with E-state index in [1.54, 1.807) is 36.4 Å². The third-order valence-corrected chi connectivity index (χ3v) is 7.20. The first-order valence-electron chi connectivity index (χ1n) is 11.3. The number of para-hydroxylation sites is 1. The van der Waals surface area contributed by atoms with E-state index in [0.717, 1.165) is 21.5 Å². The van der Waals surface area contributed by atoms with Crippen molar-refractivity contribution < 1.29 is 30.7 Å². The van der Waals surface area contributed by atoms with Gasteiger partial charge >= 0.3 is 0 Å². The van der Waals surface area contributed by atoms with Crippen LogP contribution in [-0.4, -0.2) is 6.71 Å². The summed E-state index contributed by atoms with van der Waals surface area (Å²) in [5.41, 5.74) is 3.51. The first-order valence-corrected chi connectivity index (χ1v) is 11.3. The van der Waals surface area contributed by atoms with Gasteiger partial charge in [-0.3, -0.25) is 0 Å². The van der Waals surface area contributed by atoms with Crippen LogP contribution in [0.1, 0.15) is 0 Å². The number of hydrogen-bond acceptors (Lipinski definition) is 1. The fraction of sp³-hybridized carbons (Fsp3) is 0. The highest BCUT2D eigenvalue weighted by atomic mass is 19.2. The van der Waals surface area contributed by atoms with E-state index in [1.807, 2.05) is 30.3 Å². The molecular weight excluding hydrogens is 494 g/mol. The highest BCUT2D eigenvalue weighted by Gasteiger charge is 2.44. The van der Waals surface area contributed by atoms with Crippen LogP contribution in [0.5, 0.6) is 0 Å². The third kappa shape index (κ3) is 2.61. The average Bonchev–Trinajstić information content (AvgIpc) is 3.25. The van der Waals surface area contributed by atoms with Crippen LogP contribution in [0.2, 0.25) is 0 Å². The molecule has 180 valence electrons. The van der Waals surface area contributed by atoms with E-state index in [4.69, 9.17) is 0 Å². The number of anilines is 3. The minimum absolute atomic E-state index is 0.272. The van der Waals surface area contributed by atoms with E-state index in [1.165, 1.54) is 0 Å². The van der Waals surface area contributed by atoms with E-state index < -0.39 is 57.2 Å². The zero-order chi connectivity index (χ0) is 25.7. The molecule has 5 aromatic carbocycles. The van der Waals surface area contributed by atoms with Crippen LogP contribution in [0.15, 0.2) is 66.7 Å². The molecule has 0 bridgehead atoms. The number of fused-ring (bicyclic) bond motifs is 6. The zero-order valence-corrected chi connectivity index (χ0v) is 18.5. The summed E-state index contributed by atoms with van der Waals surface area (Å²) in [6, 6.07) is 19.4. The maximum Gasteiger partial charge on any atom is 0.248 e. The fourth-order valence-corrected chi connectivity index (χ4v) is 5.73. The molecule has 0 atom stereocenters. The topological polar surface area (TPSA) is 3.24 Å². The van der Waals surface area contributed by atoms with Crippen molar-refractivity contribution in [2.75, 3.05) is 4.90 Å². The molecular formula is C28H11BF7N. The van der Waals surface area contributed by atoms with Crippen molar-refractivity contribution in [3.8, 4) is 11.1 Å². The van der Waals surface area contributed by atoms with Crippen molar-refractivity contribution in [1.82, 2.24) is 0 Å². The Morgan fingerprint density at radius 3 is 1.73 bits per heavy atom. The Bertz CT molecular complexity index is 1830. The van der Waals surface area contributed by atoms with Gasteiger partial charge in [0.1, 0.15) is 5.69 Å². The maximum absolute atomic E-state index is 16.0. The Labute approximate surface area is 205 Å². The molecule has 0 aromatic heterocycles. The van der Waals surface area contributed by atoms with E-state index in [9.17, 15) is 17.6 Å². The first-order chi connectivity index (χ1) is 17.8. The zero-order valence-electron chi connectivity index (χ0n) is 18.5. The van der Waals surface area contributed by atoms with Crippen molar-refractivity contribution in [3.63, 3.8) is 0 Å². The summed E-state index contributed by atoms with van der Waals surface area (Å²) in [5.74, 6) is -14.7. The fourth-order valence-electron chi connectivity index (χ4n) is 5.73. The second-order valence-corrected chi connectivity index (χ2v) is 8.95. The van der Waals surface area contributed by atoms with Gasteiger partial charge in [-0.25, -0.2) is 30.7 Å². The van der Waals surface area contributed by atoms with E-state index in [-0.39, 0.29) is 18.1 Å². The van der Waals surface area contributed by atoms with E-state index in [0.29, 0.717) is 10.9 Å². The standard InChI is InChI=1S/C28H11BF7N/c30-21-18-19(22(31)26(35)25(21)34)24(33)28(27(36)23(18)32)37-16-10-4-3-9-15(16)29-14-8-2-1-6-12(14)13-7-5-11-17(37)20(13)29/h1-11H. The van der Waals surface area contributed by atoms with Gasteiger partial charge in [0.2, 0.25) is 6.71 Å². The van der Waals surface area contributed by atoms with Crippen LogP contribution in [0, 0.1) is 40.7 Å². The molecule has 0 unspecified atom stereocenters. The lowest BCUT2D eigenvalue weighted by molar-refractivity contribution is 0.412. The number of nitrogens with zero attached hydrogens (tertiary/aromatic N) is 1. The largest absolute Gasteiger partial charge is 0.306 e. The van der Waals surface area contributed by atoms with Crippen molar-refractivity contribution in [2.24, 2.45) is 0 Å². The Morgan fingerprint density at radius 1 is 0.459 bits per heavy atom. The minimum Gasteiger partial charge on any atom is -0.306 e. The maximum atomic E-state index is 16.0. The van der Waals surface area contributed by atoms with Gasteiger partial charge in [-0.05, 0) is 34.2 Å². The summed E-state index contributed by atoms with van der Waals surface area (Å²) < 4.78 is 104. The molecule has 1 nitrogen and oxygen atoms in total. The van der Waals surface area contributed by atoms with Gasteiger partial charge in [-0.1, -0.05) is 60.1 Å². The number of hydrogen-bond donors (Lipinski definition) is 0. The second kappa shape index (κ2) is 7.38. The summed E-state index contributed by atoms with van der Waals surface area (Å²) in [4.78, 5) is 1.09. The second-order valence-electron chi connectivity index (χ2n) is 8.95. The SMILES string of the molecule is Fc1c(F)c(F)c2c(F)c(N3c4ccccc4B4c5ccccc5-c5cccc3c54)c(F)c(F)c2c1F. The molecule has 0 aliphatic carbocycles. The van der Waals surface area contributed by atoms with Crippen LogP contribution in [0.3, 0.4) is 0 Å². The van der Waals surface area contributed by atoms with Gasteiger partial charge in [0.25, 0.3) is 0 Å². The Balaban J connectivity index is 1.63. The lowest BCUT2D eigenvalue weighted by Crippen LogP contribution is -2.54. The molecule has 0 N–H and O–H groups in total. The molecule has 9 heteroatoms. The molecule has 0 saturated carbocycles. The molecule has 5 aromatic rings. The normalized spacial score (nSPS) is 13.2. The van der Waals surface area contributed by atoms with Gasteiger partial charge in [-0.2, -0.15) is 0 Å². The first kappa shape index (κ1) is 22.0.